The van der Waals surface area contributed by atoms with E-state index in [-0.39, 0.29) is 6.10 Å². The molecule has 0 spiro atoms. The van der Waals surface area contributed by atoms with Gasteiger partial charge in [-0.3, -0.25) is 0 Å². The van der Waals surface area contributed by atoms with Crippen LogP contribution < -0.4 is 5.32 Å². The first-order chi connectivity index (χ1) is 8.69. The minimum Gasteiger partial charge on any atom is -0.379 e. The van der Waals surface area contributed by atoms with Gasteiger partial charge < -0.3 is 14.8 Å². The lowest BCUT2D eigenvalue weighted by Crippen LogP contribution is -2.43. The number of rotatable bonds is 12. The topological polar surface area (TPSA) is 30.5 Å². The third kappa shape index (κ3) is 8.06. The van der Waals surface area contributed by atoms with Crippen molar-refractivity contribution in [2.45, 2.75) is 78.6 Å². The van der Waals surface area contributed by atoms with Crippen LogP contribution in [-0.4, -0.2) is 38.0 Å². The summed E-state index contributed by atoms with van der Waals surface area (Å²) >= 11 is 0. The molecule has 0 radical (unpaired) electrons. The van der Waals surface area contributed by atoms with Crippen molar-refractivity contribution in [1.29, 1.82) is 0 Å². The van der Waals surface area contributed by atoms with Gasteiger partial charge in [0.1, 0.15) is 0 Å². The first kappa shape index (κ1) is 17.9. The van der Waals surface area contributed by atoms with Crippen molar-refractivity contribution in [2.24, 2.45) is 0 Å². The van der Waals surface area contributed by atoms with Gasteiger partial charge in [-0.25, -0.2) is 0 Å². The van der Waals surface area contributed by atoms with E-state index in [0.29, 0.717) is 18.8 Å². The van der Waals surface area contributed by atoms with Gasteiger partial charge in [-0.2, -0.15) is 0 Å². The predicted octanol–water partition coefficient (Wildman–Crippen LogP) is 3.37. The summed E-state index contributed by atoms with van der Waals surface area (Å²) in [6.07, 6.45) is 5.08. The summed E-state index contributed by atoms with van der Waals surface area (Å²) in [5.41, 5.74) is 0. The van der Waals surface area contributed by atoms with E-state index in [0.717, 1.165) is 19.6 Å². The zero-order valence-electron chi connectivity index (χ0n) is 13.0. The molecule has 3 nitrogen and oxygen atoms in total. The molecule has 18 heavy (non-hydrogen) atoms. The van der Waals surface area contributed by atoms with Crippen LogP contribution in [0.3, 0.4) is 0 Å². The van der Waals surface area contributed by atoms with Gasteiger partial charge in [0.2, 0.25) is 0 Å². The largest absolute Gasteiger partial charge is 0.379 e. The third-order valence-corrected chi connectivity index (χ3v) is 3.07. The first-order valence-electron chi connectivity index (χ1n) is 7.65. The molecule has 0 aromatic rings. The highest BCUT2D eigenvalue weighted by atomic mass is 16.5. The van der Waals surface area contributed by atoms with E-state index in [1.807, 2.05) is 6.92 Å². The van der Waals surface area contributed by atoms with Crippen molar-refractivity contribution in [3.05, 3.63) is 0 Å². The van der Waals surface area contributed by atoms with Crippen LogP contribution in [0.1, 0.15) is 60.3 Å². The number of nitrogens with one attached hydrogen (secondary N) is 1. The van der Waals surface area contributed by atoms with Gasteiger partial charge >= 0.3 is 0 Å². The van der Waals surface area contributed by atoms with Gasteiger partial charge in [-0.1, -0.05) is 27.2 Å². The lowest BCUT2D eigenvalue weighted by molar-refractivity contribution is -0.0618. The van der Waals surface area contributed by atoms with Gasteiger partial charge in [-0.15, -0.1) is 0 Å². The molecule has 3 unspecified atom stereocenters. The molecule has 110 valence electrons. The molecule has 0 aromatic carbocycles. The summed E-state index contributed by atoms with van der Waals surface area (Å²) < 4.78 is 11.5. The summed E-state index contributed by atoms with van der Waals surface area (Å²) in [5, 5.41) is 3.62. The van der Waals surface area contributed by atoms with Crippen molar-refractivity contribution in [3.63, 3.8) is 0 Å². The number of ether oxygens (including phenoxy) is 2. The molecule has 0 aromatic heterocycles. The third-order valence-electron chi connectivity index (χ3n) is 3.07. The molecule has 0 rings (SSSR count). The molecule has 0 bridgehead atoms. The van der Waals surface area contributed by atoms with Crippen molar-refractivity contribution in [3.8, 4) is 0 Å². The minimum atomic E-state index is 0.178. The van der Waals surface area contributed by atoms with E-state index in [9.17, 15) is 0 Å². The van der Waals surface area contributed by atoms with Crippen molar-refractivity contribution in [1.82, 2.24) is 5.32 Å². The first-order valence-corrected chi connectivity index (χ1v) is 7.65. The van der Waals surface area contributed by atoms with Crippen molar-refractivity contribution >= 4 is 0 Å². The Morgan fingerprint density at radius 1 is 1.06 bits per heavy atom. The second-order valence-electron chi connectivity index (χ2n) is 4.90. The number of hydrogen-bond acceptors (Lipinski definition) is 3. The average Bonchev–Trinajstić information content (AvgIpc) is 2.38. The van der Waals surface area contributed by atoms with Gasteiger partial charge in [-0.05, 0) is 39.7 Å². The molecule has 0 saturated carbocycles. The van der Waals surface area contributed by atoms with Gasteiger partial charge in [0.05, 0.1) is 18.8 Å². The Labute approximate surface area is 114 Å². The molecule has 0 aliphatic carbocycles. The zero-order chi connectivity index (χ0) is 13.8. The highest BCUT2D eigenvalue weighted by molar-refractivity contribution is 4.77. The van der Waals surface area contributed by atoms with Crippen LogP contribution in [0.15, 0.2) is 0 Å². The Hall–Kier alpha value is -0.120. The fraction of sp³-hybridized carbons (Fsp3) is 1.00. The van der Waals surface area contributed by atoms with E-state index < -0.39 is 0 Å². The Morgan fingerprint density at radius 3 is 2.28 bits per heavy atom. The molecule has 3 heteroatoms. The molecule has 3 atom stereocenters. The van der Waals surface area contributed by atoms with E-state index >= 15 is 0 Å². The normalized spacial score (nSPS) is 16.5. The molecular weight excluding hydrogens is 226 g/mol. The van der Waals surface area contributed by atoms with Crippen LogP contribution in [0.2, 0.25) is 0 Å². The van der Waals surface area contributed by atoms with Crippen molar-refractivity contribution in [2.75, 3.05) is 19.8 Å². The summed E-state index contributed by atoms with van der Waals surface area (Å²) in [5.74, 6) is 0. The highest BCUT2D eigenvalue weighted by Gasteiger charge is 2.21. The summed E-state index contributed by atoms with van der Waals surface area (Å²) in [4.78, 5) is 0. The Kier molecular flexibility index (Phi) is 11.9. The van der Waals surface area contributed by atoms with Crippen LogP contribution in [0.4, 0.5) is 0 Å². The molecule has 0 aliphatic heterocycles. The molecule has 0 saturated heterocycles. The highest BCUT2D eigenvalue weighted by Crippen LogP contribution is 2.13. The smallest absolute Gasteiger partial charge is 0.0785 e. The monoisotopic (exact) mass is 259 g/mol. The lowest BCUT2D eigenvalue weighted by atomic mass is 10.0. The summed E-state index contributed by atoms with van der Waals surface area (Å²) in [7, 11) is 0. The van der Waals surface area contributed by atoms with E-state index in [1.54, 1.807) is 0 Å². The summed E-state index contributed by atoms with van der Waals surface area (Å²) in [6, 6.07) is 0.476. The maximum absolute atomic E-state index is 6.13. The van der Waals surface area contributed by atoms with Gasteiger partial charge in [0, 0.05) is 12.6 Å². The second kappa shape index (κ2) is 11.9. The standard InChI is InChI=1S/C15H33NO2/c1-6-10-14(16-11-7-2)15(8-3)18-13(5)12-17-9-4/h13-16H,6-12H2,1-5H3. The maximum Gasteiger partial charge on any atom is 0.0785 e. The SMILES string of the molecule is CCCNC(CCC)C(CC)OC(C)COCC. The Bertz CT molecular complexity index is 176. The zero-order valence-corrected chi connectivity index (χ0v) is 13.0. The Morgan fingerprint density at radius 2 is 1.78 bits per heavy atom. The quantitative estimate of drug-likeness (QED) is 0.583. The number of hydrogen-bond donors (Lipinski definition) is 1. The average molecular weight is 259 g/mol. The lowest BCUT2D eigenvalue weighted by Gasteiger charge is -2.30. The van der Waals surface area contributed by atoms with E-state index in [2.05, 4.69) is 33.0 Å². The van der Waals surface area contributed by atoms with E-state index in [4.69, 9.17) is 9.47 Å². The van der Waals surface area contributed by atoms with Crippen LogP contribution in [0, 0.1) is 0 Å². The van der Waals surface area contributed by atoms with Crippen LogP contribution in [0.5, 0.6) is 0 Å². The van der Waals surface area contributed by atoms with Crippen molar-refractivity contribution < 1.29 is 9.47 Å². The Balaban J connectivity index is 4.20. The molecule has 0 fully saturated rings. The van der Waals surface area contributed by atoms with Crippen LogP contribution in [-0.2, 0) is 9.47 Å². The molecular formula is C15H33NO2. The minimum absolute atomic E-state index is 0.178. The van der Waals surface area contributed by atoms with Crippen LogP contribution >= 0.6 is 0 Å². The fourth-order valence-corrected chi connectivity index (χ4v) is 2.16. The second-order valence-corrected chi connectivity index (χ2v) is 4.90. The van der Waals surface area contributed by atoms with Gasteiger partial charge in [0.25, 0.3) is 0 Å². The van der Waals surface area contributed by atoms with Gasteiger partial charge in [0.15, 0.2) is 0 Å². The molecule has 0 amide bonds. The van der Waals surface area contributed by atoms with E-state index in [1.165, 1.54) is 19.3 Å². The predicted molar refractivity (Wildman–Crippen MR) is 78.1 cm³/mol. The fourth-order valence-electron chi connectivity index (χ4n) is 2.16. The molecule has 1 N–H and O–H groups in total. The summed E-state index contributed by atoms with van der Waals surface area (Å²) in [6.45, 7) is 13.3. The van der Waals surface area contributed by atoms with Crippen LogP contribution in [0.25, 0.3) is 0 Å². The molecule has 0 heterocycles. The maximum atomic E-state index is 6.13. The molecule has 0 aliphatic rings.